The van der Waals surface area contributed by atoms with Crippen molar-refractivity contribution in [1.82, 2.24) is 5.32 Å². The lowest BCUT2D eigenvalue weighted by molar-refractivity contribution is -0.379. The maximum atomic E-state index is 13.4. The van der Waals surface area contributed by atoms with Crippen LogP contribution in [0, 0.1) is 0 Å². The summed E-state index contributed by atoms with van der Waals surface area (Å²) in [7, 11) is 0. The Kier molecular flexibility index (Phi) is 50.0. The molecule has 3 aliphatic heterocycles. The van der Waals surface area contributed by atoms with Crippen LogP contribution >= 0.6 is 0 Å². The third-order valence-electron chi connectivity index (χ3n) is 18.4. The van der Waals surface area contributed by atoms with Gasteiger partial charge in [-0.2, -0.15) is 0 Å². The van der Waals surface area contributed by atoms with Crippen molar-refractivity contribution in [2.24, 2.45) is 0 Å². The Morgan fingerprint density at radius 1 is 0.402 bits per heavy atom. The Balaban J connectivity index is 1.24. The number of aliphatic hydroxyl groups excluding tert-OH is 11. The summed E-state index contributed by atoms with van der Waals surface area (Å²) in [5.41, 5.74) is 0. The molecule has 538 valence electrons. The van der Waals surface area contributed by atoms with Crippen LogP contribution in [0.1, 0.15) is 277 Å². The van der Waals surface area contributed by atoms with E-state index >= 15 is 0 Å². The predicted molar refractivity (Wildman–Crippen MR) is 360 cm³/mol. The lowest BCUT2D eigenvalue weighted by Crippen LogP contribution is -2.66. The zero-order valence-electron chi connectivity index (χ0n) is 57.0. The third-order valence-corrected chi connectivity index (χ3v) is 18.4. The lowest BCUT2D eigenvalue weighted by atomic mass is 9.96. The second-order valence-electron chi connectivity index (χ2n) is 26.4. The number of amides is 1. The molecule has 12 N–H and O–H groups in total. The van der Waals surface area contributed by atoms with Gasteiger partial charge in [-0.05, 0) is 51.4 Å². The average molecular weight is 1310 g/mol. The van der Waals surface area contributed by atoms with Gasteiger partial charge in [-0.15, -0.1) is 0 Å². The molecule has 3 saturated heterocycles. The summed E-state index contributed by atoms with van der Waals surface area (Å²) in [6.07, 6.45) is 39.9. The van der Waals surface area contributed by atoms with Gasteiger partial charge in [-0.1, -0.05) is 268 Å². The van der Waals surface area contributed by atoms with Crippen LogP contribution in [0.25, 0.3) is 0 Å². The van der Waals surface area contributed by atoms with Crippen LogP contribution in [-0.2, 0) is 33.2 Å². The van der Waals surface area contributed by atoms with E-state index in [1.54, 1.807) is 0 Å². The summed E-state index contributed by atoms with van der Waals surface area (Å²) in [6, 6.07) is -0.883. The molecule has 3 heterocycles. The summed E-state index contributed by atoms with van der Waals surface area (Å²) >= 11 is 0. The van der Waals surface area contributed by atoms with Crippen molar-refractivity contribution in [2.75, 3.05) is 26.4 Å². The summed E-state index contributed by atoms with van der Waals surface area (Å²) in [5.74, 6) is -0.242. The van der Waals surface area contributed by atoms with Gasteiger partial charge in [0, 0.05) is 6.42 Å². The smallest absolute Gasteiger partial charge is 0.220 e. The van der Waals surface area contributed by atoms with E-state index in [1.807, 2.05) is 0 Å². The van der Waals surface area contributed by atoms with E-state index in [0.29, 0.717) is 12.8 Å². The minimum absolute atomic E-state index is 0.242. The van der Waals surface area contributed by atoms with Crippen molar-refractivity contribution in [1.29, 1.82) is 0 Å². The van der Waals surface area contributed by atoms with Gasteiger partial charge in [0.25, 0.3) is 0 Å². The minimum Gasteiger partial charge on any atom is -0.394 e. The highest BCUT2D eigenvalue weighted by molar-refractivity contribution is 5.76. The molecule has 92 heavy (non-hydrogen) atoms. The average Bonchev–Trinajstić information content (AvgIpc) is 0.830. The maximum Gasteiger partial charge on any atom is 0.220 e. The number of aliphatic hydroxyl groups is 11. The summed E-state index contributed by atoms with van der Waals surface area (Å²) in [6.45, 7) is 1.65. The first-order chi connectivity index (χ1) is 44.8. The molecule has 0 bridgehead atoms. The Morgan fingerprint density at radius 3 is 1.17 bits per heavy atom. The van der Waals surface area contributed by atoms with E-state index in [-0.39, 0.29) is 18.9 Å². The van der Waals surface area contributed by atoms with Crippen LogP contribution in [0.4, 0.5) is 0 Å². The van der Waals surface area contributed by atoms with Crippen molar-refractivity contribution in [3.8, 4) is 0 Å². The molecule has 3 rings (SSSR count). The van der Waals surface area contributed by atoms with E-state index in [1.165, 1.54) is 173 Å². The quantitative estimate of drug-likeness (QED) is 0.0199. The van der Waals surface area contributed by atoms with E-state index in [9.17, 15) is 61.0 Å². The van der Waals surface area contributed by atoms with E-state index in [2.05, 4.69) is 67.8 Å². The summed E-state index contributed by atoms with van der Waals surface area (Å²) in [5, 5.41) is 120. The number of carbonyl (C=O) groups excluding carboxylic acids is 1. The van der Waals surface area contributed by atoms with Crippen molar-refractivity contribution in [3.63, 3.8) is 0 Å². The van der Waals surface area contributed by atoms with Gasteiger partial charge in [-0.25, -0.2) is 0 Å². The van der Waals surface area contributed by atoms with Crippen LogP contribution in [0.3, 0.4) is 0 Å². The predicted octanol–water partition coefficient (Wildman–Crippen LogP) is 10.6. The molecular formula is C73H133NO18. The maximum absolute atomic E-state index is 13.4. The molecule has 0 aliphatic carbocycles. The summed E-state index contributed by atoms with van der Waals surface area (Å²) < 4.78 is 34.3. The fraction of sp³-hybridized carbons (Fsp3) is 0.877. The van der Waals surface area contributed by atoms with E-state index in [0.717, 1.165) is 70.6 Å². The summed E-state index contributed by atoms with van der Waals surface area (Å²) in [4.78, 5) is 13.4. The molecule has 3 fully saturated rings. The highest BCUT2D eigenvalue weighted by Crippen LogP contribution is 2.33. The zero-order valence-corrected chi connectivity index (χ0v) is 57.0. The number of nitrogens with one attached hydrogen (secondary N) is 1. The van der Waals surface area contributed by atoms with Gasteiger partial charge in [0.15, 0.2) is 18.9 Å². The molecule has 19 nitrogen and oxygen atoms in total. The molecule has 1 amide bonds. The number of carbonyl (C=O) groups is 1. The topological polar surface area (TPSA) is 307 Å². The Labute approximate surface area is 554 Å². The van der Waals surface area contributed by atoms with Gasteiger partial charge >= 0.3 is 0 Å². The van der Waals surface area contributed by atoms with Gasteiger partial charge in [0.1, 0.15) is 73.2 Å². The zero-order chi connectivity index (χ0) is 66.8. The lowest BCUT2D eigenvalue weighted by Gasteiger charge is -2.48. The second-order valence-corrected chi connectivity index (χ2v) is 26.4. The molecule has 0 aromatic carbocycles. The van der Waals surface area contributed by atoms with Gasteiger partial charge < -0.3 is 89.9 Å². The highest BCUT2D eigenvalue weighted by Gasteiger charge is 2.53. The molecule has 0 radical (unpaired) electrons. The normalized spacial score (nSPS) is 27.9. The number of hydrogen-bond acceptors (Lipinski definition) is 18. The number of ether oxygens (including phenoxy) is 6. The number of hydrogen-bond donors (Lipinski definition) is 12. The molecule has 17 atom stereocenters. The monoisotopic (exact) mass is 1310 g/mol. The Bertz CT molecular complexity index is 1860. The SMILES string of the molecule is CC/C=C\C/C=C\C/C=C\C/C=C\CCCCCCCCCCCCCCCCCCCCCCCCCCCCC(=O)NC(COC1OC(CO)C(OC2OC(CO)C(OC3OC(CO)C(O)C(O)C3O)C(O)C2O)C(O)C1O)C(O)CCCCCCCCCC. The number of rotatable bonds is 57. The van der Waals surface area contributed by atoms with Crippen molar-refractivity contribution >= 4 is 5.91 Å². The fourth-order valence-corrected chi connectivity index (χ4v) is 12.5. The van der Waals surface area contributed by atoms with Crippen LogP contribution in [-0.4, -0.2) is 193 Å². The molecule has 3 aliphatic rings. The van der Waals surface area contributed by atoms with Gasteiger partial charge in [0.05, 0.1) is 38.6 Å². The first-order valence-electron chi connectivity index (χ1n) is 36.9. The van der Waals surface area contributed by atoms with Crippen LogP contribution in [0.15, 0.2) is 48.6 Å². The second kappa shape index (κ2) is 54.7. The molecule has 0 aromatic rings. The van der Waals surface area contributed by atoms with Crippen LogP contribution in [0.5, 0.6) is 0 Å². The molecule has 0 saturated carbocycles. The molecule has 0 aromatic heterocycles. The number of allylic oxidation sites excluding steroid dienone is 8. The van der Waals surface area contributed by atoms with Crippen molar-refractivity contribution in [2.45, 2.75) is 381 Å². The van der Waals surface area contributed by atoms with Crippen LogP contribution < -0.4 is 5.32 Å². The van der Waals surface area contributed by atoms with Crippen LogP contribution in [0.2, 0.25) is 0 Å². The Morgan fingerprint density at radius 2 is 0.750 bits per heavy atom. The molecule has 19 heteroatoms. The third kappa shape index (κ3) is 35.8. The standard InChI is InChI=1S/C73H133NO18/c1-3-5-7-9-11-13-14-15-16-17-18-19-20-21-22-23-24-25-26-27-28-29-30-31-32-33-34-35-36-37-38-39-40-41-42-43-45-47-49-51-61(79)74-56(57(78)50-48-46-44-12-10-8-6-4-2)55-87-71-67(85)64(82)69(59(53-76)89-71)92-73-68(86)65(83)70(60(54-77)90-73)91-72-66(84)63(81)62(80)58(52-75)88-72/h5,7,11,13,15-16,18-19,56-60,62-73,75-78,80-86H,3-4,6,8-10,12,14,17,20-55H2,1-2H3,(H,74,79)/b7-5-,13-11-,16-15-,19-18-. The first-order valence-corrected chi connectivity index (χ1v) is 36.9. The van der Waals surface area contributed by atoms with Gasteiger partial charge in [0.2, 0.25) is 5.91 Å². The van der Waals surface area contributed by atoms with Crippen molar-refractivity contribution < 1.29 is 89.4 Å². The minimum atomic E-state index is -1.97. The molecule has 17 unspecified atom stereocenters. The molecule has 0 spiro atoms. The van der Waals surface area contributed by atoms with Crippen molar-refractivity contribution in [3.05, 3.63) is 48.6 Å². The van der Waals surface area contributed by atoms with E-state index in [4.69, 9.17) is 28.4 Å². The number of unbranched alkanes of at least 4 members (excludes halogenated alkanes) is 33. The van der Waals surface area contributed by atoms with E-state index < -0.39 is 124 Å². The van der Waals surface area contributed by atoms with Gasteiger partial charge in [-0.3, -0.25) is 4.79 Å². The largest absolute Gasteiger partial charge is 0.394 e. The highest BCUT2D eigenvalue weighted by atomic mass is 16.8. The fourth-order valence-electron chi connectivity index (χ4n) is 12.5. The first kappa shape index (κ1) is 84.0. The molecular weight excluding hydrogens is 1180 g/mol. The Hall–Kier alpha value is -2.25.